The van der Waals surface area contributed by atoms with Gasteiger partial charge in [0.25, 0.3) is 0 Å². The Morgan fingerprint density at radius 1 is 1.10 bits per heavy atom. The molecule has 1 amide bonds. The molecule has 1 aromatic carbocycles. The Morgan fingerprint density at radius 3 is 2.52 bits per heavy atom. The smallest absolute Gasteiger partial charge is 0.307 e. The maximum absolute atomic E-state index is 12.5. The maximum atomic E-state index is 12.5. The van der Waals surface area contributed by atoms with Crippen molar-refractivity contribution < 1.29 is 14.3 Å². The van der Waals surface area contributed by atoms with Crippen molar-refractivity contribution in [3.8, 4) is 0 Å². The lowest BCUT2D eigenvalue weighted by atomic mass is 9.92. The van der Waals surface area contributed by atoms with Crippen molar-refractivity contribution in [2.24, 2.45) is 5.92 Å². The Morgan fingerprint density at radius 2 is 1.81 bits per heavy atom. The Balaban J connectivity index is 1.69. The van der Waals surface area contributed by atoms with E-state index in [1.54, 1.807) is 0 Å². The molecule has 1 N–H and O–H groups in total. The zero-order chi connectivity index (χ0) is 14.7. The fourth-order valence-corrected chi connectivity index (χ4v) is 3.29. The molecule has 112 valence electrons. The van der Waals surface area contributed by atoms with E-state index in [-0.39, 0.29) is 24.3 Å². The molecule has 1 saturated carbocycles. The second kappa shape index (κ2) is 6.29. The average Bonchev–Trinajstić information content (AvgIpc) is 2.91. The SMILES string of the molecule is O=C1C[C@H](C(=O)NC2CCCCC2)[C@H](c2ccccc2)O1. The Kier molecular flexibility index (Phi) is 4.23. The van der Waals surface area contributed by atoms with E-state index in [0.29, 0.717) is 0 Å². The van der Waals surface area contributed by atoms with Gasteiger partial charge in [-0.05, 0) is 18.4 Å². The Hall–Kier alpha value is -1.84. The molecular formula is C17H21NO3. The van der Waals surface area contributed by atoms with Crippen LogP contribution in [0.4, 0.5) is 0 Å². The minimum atomic E-state index is -0.442. The van der Waals surface area contributed by atoms with Gasteiger partial charge >= 0.3 is 5.97 Å². The molecule has 4 heteroatoms. The predicted molar refractivity (Wildman–Crippen MR) is 78.4 cm³/mol. The van der Waals surface area contributed by atoms with Crippen LogP contribution in [0.2, 0.25) is 0 Å². The normalized spacial score (nSPS) is 26.4. The van der Waals surface area contributed by atoms with Gasteiger partial charge in [-0.2, -0.15) is 0 Å². The standard InChI is InChI=1S/C17H21NO3/c19-15-11-14(16(21-15)12-7-3-1-4-8-12)17(20)18-13-9-5-2-6-10-13/h1,3-4,7-8,13-14,16H,2,5-6,9-11H2,(H,18,20)/t14-,16-/m0/s1. The summed E-state index contributed by atoms with van der Waals surface area (Å²) in [5, 5.41) is 3.11. The number of amides is 1. The van der Waals surface area contributed by atoms with E-state index in [9.17, 15) is 9.59 Å². The molecule has 0 unspecified atom stereocenters. The van der Waals surface area contributed by atoms with E-state index in [1.165, 1.54) is 19.3 Å². The molecule has 21 heavy (non-hydrogen) atoms. The summed E-state index contributed by atoms with van der Waals surface area (Å²) in [4.78, 5) is 24.1. The lowest BCUT2D eigenvalue weighted by Gasteiger charge is -2.25. The van der Waals surface area contributed by atoms with Gasteiger partial charge in [0.1, 0.15) is 6.10 Å². The molecule has 2 aliphatic rings. The van der Waals surface area contributed by atoms with Gasteiger partial charge in [-0.3, -0.25) is 9.59 Å². The third-order valence-corrected chi connectivity index (χ3v) is 4.43. The quantitative estimate of drug-likeness (QED) is 0.870. The molecular weight excluding hydrogens is 266 g/mol. The number of nitrogens with one attached hydrogen (secondary N) is 1. The van der Waals surface area contributed by atoms with Crippen LogP contribution in [0, 0.1) is 5.92 Å². The van der Waals surface area contributed by atoms with E-state index in [2.05, 4.69) is 5.32 Å². The highest BCUT2D eigenvalue weighted by molar-refractivity contribution is 5.87. The molecule has 0 spiro atoms. The topological polar surface area (TPSA) is 55.4 Å². The lowest BCUT2D eigenvalue weighted by Crippen LogP contribution is -2.40. The number of ether oxygens (including phenoxy) is 1. The zero-order valence-electron chi connectivity index (χ0n) is 12.1. The summed E-state index contributed by atoms with van der Waals surface area (Å²) in [6.45, 7) is 0. The molecule has 1 saturated heterocycles. The summed E-state index contributed by atoms with van der Waals surface area (Å²) < 4.78 is 5.37. The minimum absolute atomic E-state index is 0.0402. The van der Waals surface area contributed by atoms with Crippen molar-refractivity contribution >= 4 is 11.9 Å². The molecule has 1 aromatic rings. The molecule has 1 aliphatic carbocycles. The van der Waals surface area contributed by atoms with E-state index < -0.39 is 12.0 Å². The highest BCUT2D eigenvalue weighted by Gasteiger charge is 2.41. The molecule has 2 fully saturated rings. The van der Waals surface area contributed by atoms with Gasteiger partial charge in [0.05, 0.1) is 12.3 Å². The summed E-state index contributed by atoms with van der Waals surface area (Å²) >= 11 is 0. The van der Waals surface area contributed by atoms with Crippen LogP contribution >= 0.6 is 0 Å². The lowest BCUT2D eigenvalue weighted by molar-refractivity contribution is -0.141. The summed E-state index contributed by atoms with van der Waals surface area (Å²) in [7, 11) is 0. The third-order valence-electron chi connectivity index (χ3n) is 4.43. The molecule has 2 atom stereocenters. The molecule has 3 rings (SSSR count). The first-order chi connectivity index (χ1) is 10.2. The Bertz CT molecular complexity index is 508. The number of esters is 1. The predicted octanol–water partition coefficient (Wildman–Crippen LogP) is 2.74. The van der Waals surface area contributed by atoms with E-state index >= 15 is 0 Å². The van der Waals surface area contributed by atoms with E-state index in [0.717, 1.165) is 18.4 Å². The van der Waals surface area contributed by atoms with Gasteiger partial charge in [0.2, 0.25) is 5.91 Å². The Labute approximate surface area is 124 Å². The van der Waals surface area contributed by atoms with Crippen molar-refractivity contribution in [1.82, 2.24) is 5.32 Å². The third kappa shape index (κ3) is 3.26. The monoisotopic (exact) mass is 287 g/mol. The highest BCUT2D eigenvalue weighted by atomic mass is 16.6. The number of carbonyl (C=O) groups excluding carboxylic acids is 2. The van der Waals surface area contributed by atoms with E-state index in [1.807, 2.05) is 30.3 Å². The fourth-order valence-electron chi connectivity index (χ4n) is 3.29. The van der Waals surface area contributed by atoms with Gasteiger partial charge < -0.3 is 10.1 Å². The van der Waals surface area contributed by atoms with Crippen molar-refractivity contribution in [3.63, 3.8) is 0 Å². The molecule has 4 nitrogen and oxygen atoms in total. The first kappa shape index (κ1) is 14.1. The van der Waals surface area contributed by atoms with Gasteiger partial charge in [-0.15, -0.1) is 0 Å². The number of cyclic esters (lactones) is 1. The summed E-state index contributed by atoms with van der Waals surface area (Å²) in [5.41, 5.74) is 0.896. The largest absolute Gasteiger partial charge is 0.457 e. The number of hydrogen-bond acceptors (Lipinski definition) is 3. The minimum Gasteiger partial charge on any atom is -0.457 e. The molecule has 1 aliphatic heterocycles. The number of rotatable bonds is 3. The first-order valence-electron chi connectivity index (χ1n) is 7.79. The second-order valence-electron chi connectivity index (χ2n) is 5.98. The summed E-state index contributed by atoms with van der Waals surface area (Å²) in [6, 6.07) is 9.79. The van der Waals surface area contributed by atoms with Crippen molar-refractivity contribution in [3.05, 3.63) is 35.9 Å². The summed E-state index contributed by atoms with van der Waals surface area (Å²) in [6.07, 6.45) is 5.43. The van der Waals surface area contributed by atoms with E-state index in [4.69, 9.17) is 4.74 Å². The molecule has 1 heterocycles. The van der Waals surface area contributed by atoms with Gasteiger partial charge in [-0.25, -0.2) is 0 Å². The van der Waals surface area contributed by atoms with Crippen LogP contribution in [0.1, 0.15) is 50.2 Å². The molecule has 0 bridgehead atoms. The zero-order valence-corrected chi connectivity index (χ0v) is 12.1. The second-order valence-corrected chi connectivity index (χ2v) is 5.98. The molecule has 0 radical (unpaired) electrons. The van der Waals surface area contributed by atoms with Crippen LogP contribution in [-0.2, 0) is 14.3 Å². The maximum Gasteiger partial charge on any atom is 0.307 e. The van der Waals surface area contributed by atoms with Crippen LogP contribution in [0.3, 0.4) is 0 Å². The van der Waals surface area contributed by atoms with Crippen LogP contribution < -0.4 is 5.32 Å². The van der Waals surface area contributed by atoms with Crippen LogP contribution in [-0.4, -0.2) is 17.9 Å². The van der Waals surface area contributed by atoms with Gasteiger partial charge in [0.15, 0.2) is 0 Å². The van der Waals surface area contributed by atoms with Gasteiger partial charge in [-0.1, -0.05) is 49.6 Å². The van der Waals surface area contributed by atoms with Gasteiger partial charge in [0, 0.05) is 6.04 Å². The highest BCUT2D eigenvalue weighted by Crippen LogP contribution is 2.35. The van der Waals surface area contributed by atoms with Crippen molar-refractivity contribution in [1.29, 1.82) is 0 Å². The first-order valence-corrected chi connectivity index (χ1v) is 7.79. The molecule has 0 aromatic heterocycles. The number of carbonyl (C=O) groups is 2. The fraction of sp³-hybridized carbons (Fsp3) is 0.529. The van der Waals surface area contributed by atoms with Crippen LogP contribution in [0.5, 0.6) is 0 Å². The van der Waals surface area contributed by atoms with Crippen molar-refractivity contribution in [2.75, 3.05) is 0 Å². The van der Waals surface area contributed by atoms with Crippen molar-refractivity contribution in [2.45, 2.75) is 50.7 Å². The van der Waals surface area contributed by atoms with Crippen LogP contribution in [0.15, 0.2) is 30.3 Å². The number of benzene rings is 1. The summed E-state index contributed by atoms with van der Waals surface area (Å²) in [5.74, 6) is -0.726. The number of hydrogen-bond donors (Lipinski definition) is 1. The average molecular weight is 287 g/mol. The van der Waals surface area contributed by atoms with Crippen LogP contribution in [0.25, 0.3) is 0 Å².